The molecule has 0 bridgehead atoms. The molecule has 1 aromatic heterocycles. The van der Waals surface area contributed by atoms with Gasteiger partial charge in [-0.25, -0.2) is 18.7 Å². The predicted octanol–water partition coefficient (Wildman–Crippen LogP) is 5.10. The summed E-state index contributed by atoms with van der Waals surface area (Å²) in [6, 6.07) is 19.1. The molecule has 4 rings (SSSR count). The summed E-state index contributed by atoms with van der Waals surface area (Å²) in [7, 11) is 0. The Labute approximate surface area is 177 Å². The van der Waals surface area contributed by atoms with Crippen LogP contribution in [0.25, 0.3) is 11.1 Å². The minimum atomic E-state index is -0.325. The van der Waals surface area contributed by atoms with Crippen molar-refractivity contribution in [3.63, 3.8) is 0 Å². The molecule has 31 heavy (non-hydrogen) atoms. The zero-order chi connectivity index (χ0) is 21.6. The lowest BCUT2D eigenvalue weighted by Gasteiger charge is -2.09. The maximum atomic E-state index is 13.4. The molecule has 4 aromatic rings. The minimum Gasteiger partial charge on any atom is -0.348 e. The molecule has 0 spiro atoms. The van der Waals surface area contributed by atoms with Crippen LogP contribution in [-0.4, -0.2) is 15.9 Å². The molecule has 0 atom stereocenters. The number of benzene rings is 3. The summed E-state index contributed by atoms with van der Waals surface area (Å²) >= 11 is 0. The van der Waals surface area contributed by atoms with Crippen molar-refractivity contribution in [2.45, 2.75) is 6.54 Å². The number of rotatable bonds is 6. The van der Waals surface area contributed by atoms with Gasteiger partial charge in [-0.15, -0.1) is 0 Å². The van der Waals surface area contributed by atoms with E-state index in [9.17, 15) is 13.6 Å². The zero-order valence-electron chi connectivity index (χ0n) is 16.3. The highest BCUT2D eigenvalue weighted by atomic mass is 19.1. The number of carbonyl (C=O) groups excluding carboxylic acids is 1. The predicted molar refractivity (Wildman–Crippen MR) is 115 cm³/mol. The first kappa shape index (κ1) is 20.2. The van der Waals surface area contributed by atoms with Crippen molar-refractivity contribution in [2.24, 2.45) is 0 Å². The Kier molecular flexibility index (Phi) is 5.93. The molecular weight excluding hydrogens is 398 g/mol. The third-order valence-corrected chi connectivity index (χ3v) is 4.56. The lowest BCUT2D eigenvalue weighted by molar-refractivity contribution is 0.0951. The van der Waals surface area contributed by atoms with Crippen molar-refractivity contribution in [3.8, 4) is 11.1 Å². The lowest BCUT2D eigenvalue weighted by atomic mass is 10.1. The van der Waals surface area contributed by atoms with Crippen LogP contribution in [0.2, 0.25) is 0 Å². The maximum Gasteiger partial charge on any atom is 0.251 e. The van der Waals surface area contributed by atoms with Gasteiger partial charge in [-0.2, -0.15) is 0 Å². The summed E-state index contributed by atoms with van der Waals surface area (Å²) in [6.45, 7) is 0.293. The number of carbonyl (C=O) groups is 1. The van der Waals surface area contributed by atoms with Gasteiger partial charge in [0, 0.05) is 35.8 Å². The van der Waals surface area contributed by atoms with Crippen molar-refractivity contribution in [1.29, 1.82) is 0 Å². The summed E-state index contributed by atoms with van der Waals surface area (Å²) in [5.74, 6) is -0.548. The number of nitrogens with zero attached hydrogens (tertiary/aromatic N) is 2. The van der Waals surface area contributed by atoms with Crippen LogP contribution in [0.15, 0.2) is 85.2 Å². The molecule has 0 unspecified atom stereocenters. The van der Waals surface area contributed by atoms with Crippen molar-refractivity contribution < 1.29 is 13.6 Å². The highest BCUT2D eigenvalue weighted by molar-refractivity contribution is 5.95. The van der Waals surface area contributed by atoms with E-state index in [2.05, 4.69) is 20.6 Å². The Morgan fingerprint density at radius 2 is 1.55 bits per heavy atom. The van der Waals surface area contributed by atoms with Crippen LogP contribution in [-0.2, 0) is 6.54 Å². The van der Waals surface area contributed by atoms with Crippen LogP contribution in [0, 0.1) is 11.6 Å². The Morgan fingerprint density at radius 3 is 2.29 bits per heavy atom. The fraction of sp³-hybridized carbons (Fsp3) is 0.0417. The van der Waals surface area contributed by atoms with Gasteiger partial charge in [-0.05, 0) is 53.6 Å². The molecule has 0 fully saturated rings. The summed E-state index contributed by atoms with van der Waals surface area (Å²) in [5.41, 5.74) is 3.29. The van der Waals surface area contributed by atoms with Crippen LogP contribution >= 0.6 is 0 Å². The molecular formula is C24H18F2N4O. The van der Waals surface area contributed by atoms with E-state index in [4.69, 9.17) is 0 Å². The van der Waals surface area contributed by atoms with E-state index in [1.807, 2.05) is 0 Å². The lowest BCUT2D eigenvalue weighted by Crippen LogP contribution is -2.22. The van der Waals surface area contributed by atoms with Gasteiger partial charge in [-0.1, -0.05) is 30.3 Å². The summed E-state index contributed by atoms with van der Waals surface area (Å²) in [4.78, 5) is 21.0. The number of anilines is 2. The molecule has 5 nitrogen and oxygen atoms in total. The van der Waals surface area contributed by atoms with Crippen molar-refractivity contribution in [1.82, 2.24) is 15.3 Å². The second-order valence-electron chi connectivity index (χ2n) is 6.82. The molecule has 2 N–H and O–H groups in total. The van der Waals surface area contributed by atoms with E-state index in [1.165, 1.54) is 24.3 Å². The van der Waals surface area contributed by atoms with Crippen molar-refractivity contribution >= 4 is 17.5 Å². The van der Waals surface area contributed by atoms with Gasteiger partial charge in [0.05, 0.1) is 0 Å². The molecule has 3 aromatic carbocycles. The molecule has 0 saturated heterocycles. The first-order valence-electron chi connectivity index (χ1n) is 9.54. The molecule has 1 amide bonds. The average molecular weight is 416 g/mol. The first-order chi connectivity index (χ1) is 15.1. The third-order valence-electron chi connectivity index (χ3n) is 4.56. The number of aromatic nitrogens is 2. The Morgan fingerprint density at radius 1 is 0.806 bits per heavy atom. The molecule has 0 saturated carbocycles. The smallest absolute Gasteiger partial charge is 0.251 e. The van der Waals surface area contributed by atoms with E-state index in [0.717, 1.165) is 5.56 Å². The standard InChI is InChI=1S/C24H18F2N4O/c25-20-9-7-16(8-10-20)13-27-23(31)18-4-2-6-22(12-18)30-24-28-14-19(15-29-24)17-3-1-5-21(26)11-17/h1-12,14-15H,13H2,(H,27,31)(H,28,29,30). The van der Waals surface area contributed by atoms with Crippen molar-refractivity contribution in [3.05, 3.63) is 108 Å². The summed E-state index contributed by atoms with van der Waals surface area (Å²) in [5, 5.41) is 5.86. The SMILES string of the molecule is O=C(NCc1ccc(F)cc1)c1cccc(Nc2ncc(-c3cccc(F)c3)cn2)c1. The zero-order valence-corrected chi connectivity index (χ0v) is 16.3. The highest BCUT2D eigenvalue weighted by Gasteiger charge is 2.08. The third kappa shape index (κ3) is 5.27. The average Bonchev–Trinajstić information content (AvgIpc) is 2.79. The highest BCUT2D eigenvalue weighted by Crippen LogP contribution is 2.20. The second-order valence-corrected chi connectivity index (χ2v) is 6.82. The van der Waals surface area contributed by atoms with Gasteiger partial charge in [-0.3, -0.25) is 4.79 Å². The van der Waals surface area contributed by atoms with Crippen LogP contribution in [0.3, 0.4) is 0 Å². The van der Waals surface area contributed by atoms with Gasteiger partial charge >= 0.3 is 0 Å². The van der Waals surface area contributed by atoms with Crippen LogP contribution < -0.4 is 10.6 Å². The fourth-order valence-electron chi connectivity index (χ4n) is 2.96. The monoisotopic (exact) mass is 416 g/mol. The van der Waals surface area contributed by atoms with E-state index >= 15 is 0 Å². The van der Waals surface area contributed by atoms with Gasteiger partial charge in [0.2, 0.25) is 5.95 Å². The van der Waals surface area contributed by atoms with Crippen LogP contribution in [0.1, 0.15) is 15.9 Å². The number of amides is 1. The Bertz CT molecular complexity index is 1190. The quantitative estimate of drug-likeness (QED) is 0.459. The molecule has 0 aliphatic rings. The second kappa shape index (κ2) is 9.13. The number of nitrogens with one attached hydrogen (secondary N) is 2. The Balaban J connectivity index is 1.41. The van der Waals surface area contributed by atoms with E-state index in [0.29, 0.717) is 34.9 Å². The number of hydrogen-bond donors (Lipinski definition) is 2. The van der Waals surface area contributed by atoms with Crippen LogP contribution in [0.5, 0.6) is 0 Å². The maximum absolute atomic E-state index is 13.4. The summed E-state index contributed by atoms with van der Waals surface area (Å²) < 4.78 is 26.4. The minimum absolute atomic E-state index is 0.254. The van der Waals surface area contributed by atoms with Gasteiger partial charge in [0.15, 0.2) is 0 Å². The Hall–Kier alpha value is -4.13. The molecule has 7 heteroatoms. The van der Waals surface area contributed by atoms with E-state index < -0.39 is 0 Å². The summed E-state index contributed by atoms with van der Waals surface area (Å²) in [6.07, 6.45) is 3.20. The van der Waals surface area contributed by atoms with Crippen LogP contribution in [0.4, 0.5) is 20.4 Å². The molecule has 0 aliphatic carbocycles. The largest absolute Gasteiger partial charge is 0.348 e. The van der Waals surface area contributed by atoms with Gasteiger partial charge < -0.3 is 10.6 Å². The van der Waals surface area contributed by atoms with Gasteiger partial charge in [0.1, 0.15) is 11.6 Å². The topological polar surface area (TPSA) is 66.9 Å². The van der Waals surface area contributed by atoms with E-state index in [-0.39, 0.29) is 17.5 Å². The first-order valence-corrected chi connectivity index (χ1v) is 9.54. The van der Waals surface area contributed by atoms with Crippen molar-refractivity contribution in [2.75, 3.05) is 5.32 Å². The molecule has 1 heterocycles. The molecule has 0 aliphatic heterocycles. The molecule has 0 radical (unpaired) electrons. The fourth-order valence-corrected chi connectivity index (χ4v) is 2.96. The normalized spacial score (nSPS) is 10.5. The number of halogens is 2. The molecule has 154 valence electrons. The van der Waals surface area contributed by atoms with E-state index in [1.54, 1.807) is 60.9 Å². The number of hydrogen-bond acceptors (Lipinski definition) is 4. The van der Waals surface area contributed by atoms with Gasteiger partial charge in [0.25, 0.3) is 5.91 Å².